The summed E-state index contributed by atoms with van der Waals surface area (Å²) < 4.78 is 15.5. The van der Waals surface area contributed by atoms with E-state index in [-0.39, 0.29) is 14.9 Å². The SMILES string of the molecule is C.C.CC[n+]1ccsc1N=Nc1ccc(CCCOCCOCCNc2ccc(N=Nc3scc[n+]3CC)cc2)cc1. The summed E-state index contributed by atoms with van der Waals surface area (Å²) in [6.45, 7) is 9.22. The van der Waals surface area contributed by atoms with Crippen molar-refractivity contribution in [1.29, 1.82) is 0 Å². The van der Waals surface area contributed by atoms with E-state index < -0.39 is 0 Å². The molecule has 42 heavy (non-hydrogen) atoms. The van der Waals surface area contributed by atoms with Crippen molar-refractivity contribution in [3.63, 3.8) is 0 Å². The molecule has 0 bridgehead atoms. The van der Waals surface area contributed by atoms with Crippen LogP contribution in [0.2, 0.25) is 0 Å². The summed E-state index contributed by atoms with van der Waals surface area (Å²) in [5.41, 5.74) is 3.99. The minimum absolute atomic E-state index is 0. The fraction of sp³-hybridized carbons (Fsp3) is 0.419. The quantitative estimate of drug-likeness (QED) is 0.0737. The van der Waals surface area contributed by atoms with Gasteiger partial charge in [0.2, 0.25) is 0 Å². The minimum atomic E-state index is 0. The molecular weight excluding hydrogens is 567 g/mol. The topological polar surface area (TPSA) is 87.7 Å². The Morgan fingerprint density at radius 3 is 1.74 bits per heavy atom. The van der Waals surface area contributed by atoms with Crippen LogP contribution in [0.5, 0.6) is 0 Å². The second-order valence-electron chi connectivity index (χ2n) is 8.81. The van der Waals surface area contributed by atoms with Crippen LogP contribution in [0.15, 0.2) is 92.1 Å². The van der Waals surface area contributed by atoms with E-state index in [1.807, 2.05) is 59.6 Å². The van der Waals surface area contributed by atoms with Gasteiger partial charge in [0.15, 0.2) is 0 Å². The van der Waals surface area contributed by atoms with Gasteiger partial charge >= 0.3 is 10.3 Å². The Kier molecular flexibility index (Phi) is 16.3. The first-order valence-electron chi connectivity index (χ1n) is 13.6. The normalized spacial score (nSPS) is 11.1. The first kappa shape index (κ1) is 34.8. The average Bonchev–Trinajstić information content (AvgIpc) is 3.66. The van der Waals surface area contributed by atoms with Gasteiger partial charge < -0.3 is 14.8 Å². The van der Waals surface area contributed by atoms with Crippen LogP contribution in [0, 0.1) is 0 Å². The van der Waals surface area contributed by atoms with Gasteiger partial charge in [0.1, 0.15) is 23.8 Å². The lowest BCUT2D eigenvalue weighted by Gasteiger charge is -2.08. The van der Waals surface area contributed by atoms with Gasteiger partial charge in [-0.3, -0.25) is 0 Å². The van der Waals surface area contributed by atoms with E-state index in [1.165, 1.54) is 5.56 Å². The number of hydrogen-bond acceptors (Lipinski definition) is 9. The smallest absolute Gasteiger partial charge is 0.383 e. The number of anilines is 1. The second-order valence-corrected chi connectivity index (χ2v) is 10.6. The fourth-order valence-corrected chi connectivity index (χ4v) is 5.27. The molecule has 0 fully saturated rings. The third kappa shape index (κ3) is 11.5. The van der Waals surface area contributed by atoms with E-state index in [0.29, 0.717) is 26.4 Å². The number of nitrogens with one attached hydrogen (secondary N) is 1. The zero-order chi connectivity index (χ0) is 27.8. The lowest BCUT2D eigenvalue weighted by Crippen LogP contribution is -2.28. The first-order chi connectivity index (χ1) is 19.7. The number of ether oxygens (including phenoxy) is 2. The molecule has 1 N–H and O–H groups in total. The highest BCUT2D eigenvalue weighted by Crippen LogP contribution is 2.21. The molecule has 2 aromatic carbocycles. The Hall–Kier alpha value is -3.38. The molecule has 0 unspecified atom stereocenters. The monoisotopic (exact) mass is 611 g/mol. The van der Waals surface area contributed by atoms with Gasteiger partial charge in [-0.05, 0) is 102 Å². The molecule has 11 heteroatoms. The van der Waals surface area contributed by atoms with E-state index in [1.54, 1.807) is 22.7 Å². The first-order valence-corrected chi connectivity index (χ1v) is 15.4. The fourth-order valence-electron chi connectivity index (χ4n) is 3.78. The predicted molar refractivity (Wildman–Crippen MR) is 174 cm³/mol. The number of rotatable bonds is 17. The predicted octanol–water partition coefficient (Wildman–Crippen LogP) is 8.61. The second kappa shape index (κ2) is 19.7. The number of nitrogens with zero attached hydrogens (tertiary/aromatic N) is 6. The van der Waals surface area contributed by atoms with E-state index in [0.717, 1.165) is 59.8 Å². The summed E-state index contributed by atoms with van der Waals surface area (Å²) in [5.74, 6) is 0. The minimum Gasteiger partial charge on any atom is -0.383 e. The van der Waals surface area contributed by atoms with E-state index in [9.17, 15) is 0 Å². The van der Waals surface area contributed by atoms with Crippen molar-refractivity contribution >= 4 is 50.0 Å². The number of hydrogen-bond donors (Lipinski definition) is 1. The Labute approximate surface area is 258 Å². The highest BCUT2D eigenvalue weighted by molar-refractivity contribution is 7.13. The summed E-state index contributed by atoms with van der Waals surface area (Å²) in [6.07, 6.45) is 5.98. The van der Waals surface area contributed by atoms with Crippen molar-refractivity contribution < 1.29 is 18.6 Å². The Bertz CT molecular complexity index is 1230. The summed E-state index contributed by atoms with van der Waals surface area (Å²) in [5, 5.41) is 26.6. The molecule has 0 atom stereocenters. The molecule has 0 saturated heterocycles. The van der Waals surface area contributed by atoms with Crippen molar-refractivity contribution in [3.05, 3.63) is 77.2 Å². The van der Waals surface area contributed by atoms with Gasteiger partial charge in [-0.15, -0.1) is 0 Å². The lowest BCUT2D eigenvalue weighted by molar-refractivity contribution is -0.677. The molecular formula is C31H45N7O2S2+2. The number of aryl methyl sites for hydroxylation is 3. The summed E-state index contributed by atoms with van der Waals surface area (Å²) in [6, 6.07) is 16.2. The Balaban J connectivity index is 0.00000308. The van der Waals surface area contributed by atoms with Crippen LogP contribution in [0.3, 0.4) is 0 Å². The van der Waals surface area contributed by atoms with Crippen LogP contribution >= 0.6 is 22.7 Å². The molecule has 4 aromatic rings. The van der Waals surface area contributed by atoms with Crippen LogP contribution in [0.4, 0.5) is 27.3 Å². The zero-order valence-corrected chi connectivity index (χ0v) is 24.7. The molecule has 0 saturated carbocycles. The third-order valence-electron chi connectivity index (χ3n) is 6.01. The molecule has 2 aromatic heterocycles. The molecule has 0 aliphatic rings. The maximum absolute atomic E-state index is 5.72. The lowest BCUT2D eigenvalue weighted by atomic mass is 10.1. The van der Waals surface area contributed by atoms with Crippen LogP contribution in [0.1, 0.15) is 40.7 Å². The molecule has 2 heterocycles. The van der Waals surface area contributed by atoms with Crippen LogP contribution in [-0.2, 0) is 29.0 Å². The van der Waals surface area contributed by atoms with Crippen LogP contribution in [0.25, 0.3) is 0 Å². The number of azo groups is 2. The van der Waals surface area contributed by atoms with Gasteiger partial charge in [0, 0.05) is 29.6 Å². The van der Waals surface area contributed by atoms with Gasteiger partial charge in [0.05, 0.1) is 43.1 Å². The van der Waals surface area contributed by atoms with Gasteiger partial charge in [-0.1, -0.05) is 27.0 Å². The van der Waals surface area contributed by atoms with Crippen molar-refractivity contribution in [2.45, 2.75) is 54.6 Å². The van der Waals surface area contributed by atoms with Crippen molar-refractivity contribution in [1.82, 2.24) is 0 Å². The molecule has 0 amide bonds. The molecule has 0 spiro atoms. The van der Waals surface area contributed by atoms with Gasteiger partial charge in [0.25, 0.3) is 0 Å². The standard InChI is InChI=1S/C29H36N7O2S2.2CH4/c1-3-35-16-22-39-28(35)33-31-26-9-7-24(8-10-26)6-5-18-37-20-21-38-19-15-30-25-11-13-27(14-12-25)32-34-29-36(4-2)17-23-40-29;;/h7-14,16-17,22-23H,3-6,15,18-21H2,1-2H3;2*1H4/q+1;;/p+1. The van der Waals surface area contributed by atoms with E-state index in [4.69, 9.17) is 9.47 Å². The number of thiazole rings is 2. The van der Waals surface area contributed by atoms with E-state index in [2.05, 4.69) is 60.9 Å². The third-order valence-corrected chi connectivity index (χ3v) is 7.58. The summed E-state index contributed by atoms with van der Waals surface area (Å²) >= 11 is 3.17. The Morgan fingerprint density at radius 1 is 0.667 bits per heavy atom. The number of benzene rings is 2. The highest BCUT2D eigenvalue weighted by Gasteiger charge is 2.10. The highest BCUT2D eigenvalue weighted by atomic mass is 32.1. The van der Waals surface area contributed by atoms with Gasteiger partial charge in [-0.25, -0.2) is 9.13 Å². The molecule has 4 rings (SSSR count). The summed E-state index contributed by atoms with van der Waals surface area (Å²) in [7, 11) is 0. The van der Waals surface area contributed by atoms with Crippen molar-refractivity contribution in [2.24, 2.45) is 20.5 Å². The summed E-state index contributed by atoms with van der Waals surface area (Å²) in [4.78, 5) is 0. The van der Waals surface area contributed by atoms with Crippen molar-refractivity contribution in [2.75, 3.05) is 38.3 Å². The molecule has 0 aliphatic heterocycles. The van der Waals surface area contributed by atoms with Gasteiger partial charge in [-0.2, -0.15) is 0 Å². The molecule has 0 radical (unpaired) electrons. The largest absolute Gasteiger partial charge is 0.408 e. The zero-order valence-electron chi connectivity index (χ0n) is 23.1. The maximum atomic E-state index is 5.72. The van der Waals surface area contributed by atoms with Crippen LogP contribution < -0.4 is 14.5 Å². The average molecular weight is 612 g/mol. The molecule has 0 aliphatic carbocycles. The number of aromatic nitrogens is 2. The molecule has 9 nitrogen and oxygen atoms in total. The Morgan fingerprint density at radius 2 is 1.19 bits per heavy atom. The van der Waals surface area contributed by atoms with Crippen molar-refractivity contribution in [3.8, 4) is 0 Å². The molecule has 226 valence electrons. The maximum Gasteiger partial charge on any atom is 0.408 e. The van der Waals surface area contributed by atoms with E-state index >= 15 is 0 Å². The van der Waals surface area contributed by atoms with Crippen LogP contribution in [-0.4, -0.2) is 33.0 Å².